The highest BCUT2D eigenvalue weighted by molar-refractivity contribution is 7.91. The first kappa shape index (κ1) is 16.7. The number of aromatic nitrogens is 2. The van der Waals surface area contributed by atoms with Crippen molar-refractivity contribution in [2.24, 2.45) is 5.92 Å². The highest BCUT2D eigenvalue weighted by atomic mass is 32.2. The minimum Gasteiger partial charge on any atom is -0.382 e. The van der Waals surface area contributed by atoms with Crippen molar-refractivity contribution in [1.29, 1.82) is 0 Å². The summed E-state index contributed by atoms with van der Waals surface area (Å²) in [5.74, 6) is 1.07. The van der Waals surface area contributed by atoms with Crippen LogP contribution >= 0.6 is 0 Å². The monoisotopic (exact) mass is 346 g/mol. The van der Waals surface area contributed by atoms with Gasteiger partial charge in [0.15, 0.2) is 0 Å². The molecule has 0 aliphatic carbocycles. The molecule has 1 unspecified atom stereocenters. The van der Waals surface area contributed by atoms with E-state index in [0.29, 0.717) is 11.9 Å². The molecule has 1 aliphatic rings. The second-order valence-electron chi connectivity index (χ2n) is 6.43. The molecular formula is C17H22N4O2S. The van der Waals surface area contributed by atoms with E-state index in [0.717, 1.165) is 25.1 Å². The van der Waals surface area contributed by atoms with Gasteiger partial charge in [-0.3, -0.25) is 0 Å². The van der Waals surface area contributed by atoms with Gasteiger partial charge in [-0.2, -0.15) is 4.98 Å². The molecule has 128 valence electrons. The Kier molecular flexibility index (Phi) is 4.45. The fourth-order valence-corrected chi connectivity index (χ4v) is 4.38. The van der Waals surface area contributed by atoms with Crippen molar-refractivity contribution in [3.05, 3.63) is 36.0 Å². The molecule has 2 aromatic rings. The number of nitrogens with zero attached hydrogens (tertiary/aromatic N) is 3. The first-order valence-corrected chi connectivity index (χ1v) is 9.55. The number of anilines is 2. The number of hydrogen-bond acceptors (Lipinski definition) is 6. The third-order valence-corrected chi connectivity index (χ3v) is 6.07. The van der Waals surface area contributed by atoms with Crippen LogP contribution in [0.5, 0.6) is 0 Å². The van der Waals surface area contributed by atoms with Crippen LogP contribution in [0.15, 0.2) is 40.3 Å². The Balaban J connectivity index is 1.95. The molecule has 0 spiro atoms. The van der Waals surface area contributed by atoms with Gasteiger partial charge in [0, 0.05) is 13.1 Å². The van der Waals surface area contributed by atoms with Crippen LogP contribution in [0.2, 0.25) is 0 Å². The molecule has 1 saturated heterocycles. The molecule has 0 bridgehead atoms. The third kappa shape index (κ3) is 3.21. The lowest BCUT2D eigenvalue weighted by molar-refractivity contribution is 0.442. The molecule has 0 radical (unpaired) electrons. The molecule has 1 atom stereocenters. The predicted octanol–water partition coefficient (Wildman–Crippen LogP) is 2.44. The first-order chi connectivity index (χ1) is 11.4. The zero-order chi connectivity index (χ0) is 17.3. The van der Waals surface area contributed by atoms with Crippen molar-refractivity contribution >= 4 is 21.6 Å². The summed E-state index contributed by atoms with van der Waals surface area (Å²) in [7, 11) is -3.72. The molecule has 3 rings (SSSR count). The van der Waals surface area contributed by atoms with Gasteiger partial charge in [-0.1, -0.05) is 19.1 Å². The molecule has 7 heteroatoms. The van der Waals surface area contributed by atoms with Gasteiger partial charge in [0.25, 0.3) is 0 Å². The maximum absolute atomic E-state index is 12.8. The Morgan fingerprint density at radius 2 is 2.12 bits per heavy atom. The number of hydrogen-bond donors (Lipinski definition) is 1. The molecule has 1 fully saturated rings. The van der Waals surface area contributed by atoms with Gasteiger partial charge >= 0.3 is 0 Å². The van der Waals surface area contributed by atoms with E-state index < -0.39 is 9.84 Å². The van der Waals surface area contributed by atoms with Crippen molar-refractivity contribution in [2.75, 3.05) is 23.7 Å². The fraction of sp³-hybridized carbons (Fsp3) is 0.412. The molecule has 0 amide bonds. The van der Waals surface area contributed by atoms with Crippen LogP contribution in [-0.4, -0.2) is 31.5 Å². The quantitative estimate of drug-likeness (QED) is 0.918. The number of benzene rings is 1. The summed E-state index contributed by atoms with van der Waals surface area (Å²) in [5.41, 5.74) is 6.84. The van der Waals surface area contributed by atoms with Crippen molar-refractivity contribution in [3.8, 4) is 0 Å². The van der Waals surface area contributed by atoms with Crippen molar-refractivity contribution < 1.29 is 8.42 Å². The summed E-state index contributed by atoms with van der Waals surface area (Å²) >= 11 is 0. The van der Waals surface area contributed by atoms with E-state index in [1.165, 1.54) is 12.6 Å². The minimum atomic E-state index is -3.72. The van der Waals surface area contributed by atoms with Crippen molar-refractivity contribution in [2.45, 2.75) is 36.5 Å². The van der Waals surface area contributed by atoms with Gasteiger partial charge in [0.2, 0.25) is 15.8 Å². The SMILES string of the molecule is Cc1cccc(S(=O)(=O)c2cnc(N3CCCC(C)C3)nc2N)c1. The number of piperidine rings is 1. The lowest BCUT2D eigenvalue weighted by Crippen LogP contribution is -2.35. The third-order valence-electron chi connectivity index (χ3n) is 4.30. The molecule has 6 nitrogen and oxygen atoms in total. The highest BCUT2D eigenvalue weighted by Crippen LogP contribution is 2.27. The van der Waals surface area contributed by atoms with Crippen LogP contribution in [0.25, 0.3) is 0 Å². The van der Waals surface area contributed by atoms with E-state index >= 15 is 0 Å². The molecule has 2 N–H and O–H groups in total. The second-order valence-corrected chi connectivity index (χ2v) is 8.35. The average molecular weight is 346 g/mol. The van der Waals surface area contributed by atoms with Crippen LogP contribution in [0.1, 0.15) is 25.3 Å². The molecule has 1 aliphatic heterocycles. The van der Waals surface area contributed by atoms with E-state index in [1.807, 2.05) is 13.0 Å². The van der Waals surface area contributed by atoms with Gasteiger partial charge in [-0.05, 0) is 43.4 Å². The van der Waals surface area contributed by atoms with Crippen LogP contribution in [-0.2, 0) is 9.84 Å². The van der Waals surface area contributed by atoms with Crippen LogP contribution in [0, 0.1) is 12.8 Å². The molecular weight excluding hydrogens is 324 g/mol. The Hall–Kier alpha value is -2.15. The van der Waals surface area contributed by atoms with Gasteiger partial charge in [0.05, 0.1) is 11.1 Å². The van der Waals surface area contributed by atoms with Gasteiger partial charge in [-0.15, -0.1) is 0 Å². The van der Waals surface area contributed by atoms with Crippen LogP contribution in [0.3, 0.4) is 0 Å². The summed E-state index contributed by atoms with van der Waals surface area (Å²) in [6.45, 7) is 5.77. The van der Waals surface area contributed by atoms with Crippen molar-refractivity contribution in [3.63, 3.8) is 0 Å². The molecule has 1 aromatic carbocycles. The number of rotatable bonds is 3. The van der Waals surface area contributed by atoms with E-state index in [-0.39, 0.29) is 15.6 Å². The van der Waals surface area contributed by atoms with Crippen molar-refractivity contribution in [1.82, 2.24) is 9.97 Å². The van der Waals surface area contributed by atoms with Gasteiger partial charge in [-0.25, -0.2) is 13.4 Å². The lowest BCUT2D eigenvalue weighted by Gasteiger charge is -2.31. The number of nitrogens with two attached hydrogens (primary N) is 1. The lowest BCUT2D eigenvalue weighted by atomic mass is 10.0. The second kappa shape index (κ2) is 6.39. The zero-order valence-electron chi connectivity index (χ0n) is 13.9. The Bertz CT molecular complexity index is 851. The standard InChI is InChI=1S/C17H22N4O2S/c1-12-5-3-7-14(9-12)24(22,23)15-10-19-17(20-16(15)18)21-8-4-6-13(2)11-21/h3,5,7,9-10,13H,4,6,8,11H2,1-2H3,(H2,18,19,20). The predicted molar refractivity (Wildman–Crippen MR) is 93.7 cm³/mol. The van der Waals surface area contributed by atoms with E-state index in [2.05, 4.69) is 21.8 Å². The molecule has 1 aromatic heterocycles. The average Bonchev–Trinajstić information content (AvgIpc) is 2.54. The maximum atomic E-state index is 12.8. The normalized spacial score (nSPS) is 18.6. The van der Waals surface area contributed by atoms with Crippen LogP contribution < -0.4 is 10.6 Å². The van der Waals surface area contributed by atoms with Gasteiger partial charge < -0.3 is 10.6 Å². The summed E-state index contributed by atoms with van der Waals surface area (Å²) in [4.78, 5) is 10.8. The first-order valence-electron chi connectivity index (χ1n) is 8.07. The maximum Gasteiger partial charge on any atom is 0.227 e. The minimum absolute atomic E-state index is 0.000248. The molecule has 24 heavy (non-hydrogen) atoms. The number of nitrogen functional groups attached to an aromatic ring is 1. The smallest absolute Gasteiger partial charge is 0.227 e. The number of sulfone groups is 1. The summed E-state index contributed by atoms with van der Waals surface area (Å²) in [5, 5.41) is 0. The molecule has 2 heterocycles. The van der Waals surface area contributed by atoms with Crippen LogP contribution in [0.4, 0.5) is 11.8 Å². The van der Waals surface area contributed by atoms with Gasteiger partial charge in [0.1, 0.15) is 10.7 Å². The zero-order valence-corrected chi connectivity index (χ0v) is 14.8. The van der Waals surface area contributed by atoms with E-state index in [1.54, 1.807) is 18.2 Å². The largest absolute Gasteiger partial charge is 0.382 e. The topological polar surface area (TPSA) is 89.2 Å². The van der Waals surface area contributed by atoms with E-state index in [4.69, 9.17) is 5.73 Å². The Labute approximate surface area is 142 Å². The number of aryl methyl sites for hydroxylation is 1. The van der Waals surface area contributed by atoms with E-state index in [9.17, 15) is 8.42 Å². The summed E-state index contributed by atoms with van der Waals surface area (Å²) in [6, 6.07) is 6.74. The summed E-state index contributed by atoms with van der Waals surface area (Å²) < 4.78 is 25.5. The highest BCUT2D eigenvalue weighted by Gasteiger charge is 2.25. The Morgan fingerprint density at radius 3 is 2.79 bits per heavy atom. The molecule has 0 saturated carbocycles. The Morgan fingerprint density at radius 1 is 1.33 bits per heavy atom. The summed E-state index contributed by atoms with van der Waals surface area (Å²) in [6.07, 6.45) is 3.59. The fourth-order valence-electron chi connectivity index (χ4n) is 3.01.